The highest BCUT2D eigenvalue weighted by Gasteiger charge is 2.29. The number of hydrogen-bond acceptors (Lipinski definition) is 2. The number of fused-ring (bicyclic) bond motifs is 1. The van der Waals surface area contributed by atoms with E-state index in [9.17, 15) is 0 Å². The van der Waals surface area contributed by atoms with Crippen molar-refractivity contribution in [1.82, 2.24) is 10.2 Å². The van der Waals surface area contributed by atoms with Crippen LogP contribution in [0.4, 0.5) is 0 Å². The highest BCUT2D eigenvalue weighted by molar-refractivity contribution is 4.88. The Morgan fingerprint density at radius 3 is 3.00 bits per heavy atom. The Morgan fingerprint density at radius 1 is 1.36 bits per heavy atom. The van der Waals surface area contributed by atoms with Crippen molar-refractivity contribution in [3.63, 3.8) is 0 Å². The molecule has 0 aromatic rings. The van der Waals surface area contributed by atoms with E-state index in [1.54, 1.807) is 0 Å². The molecule has 0 unspecified atom stereocenters. The number of piperidine rings is 1. The van der Waals surface area contributed by atoms with Crippen LogP contribution in [0.3, 0.4) is 0 Å². The van der Waals surface area contributed by atoms with Crippen molar-refractivity contribution in [1.29, 1.82) is 0 Å². The van der Waals surface area contributed by atoms with Crippen LogP contribution >= 0.6 is 0 Å². The van der Waals surface area contributed by atoms with Crippen LogP contribution in [-0.2, 0) is 0 Å². The summed E-state index contributed by atoms with van der Waals surface area (Å²) in [7, 11) is 0. The lowest BCUT2D eigenvalue weighted by Crippen LogP contribution is -2.58. The summed E-state index contributed by atoms with van der Waals surface area (Å²) in [5.41, 5.74) is 0. The smallest absolute Gasteiger partial charge is 0.0221 e. The number of rotatable bonds is 2. The van der Waals surface area contributed by atoms with E-state index in [0.29, 0.717) is 0 Å². The van der Waals surface area contributed by atoms with Gasteiger partial charge >= 0.3 is 0 Å². The molecule has 0 aliphatic carbocycles. The third-order valence-electron chi connectivity index (χ3n) is 3.60. The number of nitrogens with one attached hydrogen (secondary N) is 1. The minimum absolute atomic E-state index is 0.754. The molecular formula is C12H24N2. The van der Waals surface area contributed by atoms with Crippen molar-refractivity contribution < 1.29 is 0 Å². The largest absolute Gasteiger partial charge is 0.311 e. The van der Waals surface area contributed by atoms with Gasteiger partial charge < -0.3 is 5.32 Å². The Morgan fingerprint density at radius 2 is 2.21 bits per heavy atom. The van der Waals surface area contributed by atoms with E-state index in [1.165, 1.54) is 45.3 Å². The van der Waals surface area contributed by atoms with Crippen LogP contribution in [0.15, 0.2) is 0 Å². The van der Waals surface area contributed by atoms with E-state index in [4.69, 9.17) is 0 Å². The second kappa shape index (κ2) is 4.63. The lowest BCUT2D eigenvalue weighted by Gasteiger charge is -2.43. The van der Waals surface area contributed by atoms with Gasteiger partial charge in [-0.15, -0.1) is 0 Å². The fourth-order valence-electron chi connectivity index (χ4n) is 2.91. The predicted octanol–water partition coefficient (Wildman–Crippen LogP) is 1.86. The Kier molecular flexibility index (Phi) is 3.45. The maximum absolute atomic E-state index is 3.71. The van der Waals surface area contributed by atoms with Crippen LogP contribution in [0.2, 0.25) is 0 Å². The first-order chi connectivity index (χ1) is 6.75. The van der Waals surface area contributed by atoms with Gasteiger partial charge in [0, 0.05) is 25.2 Å². The molecule has 1 N–H and O–H groups in total. The average molecular weight is 196 g/mol. The predicted molar refractivity (Wildman–Crippen MR) is 60.5 cm³/mol. The van der Waals surface area contributed by atoms with Crippen LogP contribution in [0.5, 0.6) is 0 Å². The standard InChI is InChI=1S/C12H24N2/c1-10(2)7-11-9-14-6-4-3-5-12(14)8-13-11/h10-13H,3-9H2,1-2H3/t11-,12-/m0/s1. The maximum Gasteiger partial charge on any atom is 0.0221 e. The summed E-state index contributed by atoms with van der Waals surface area (Å²) in [4.78, 5) is 2.72. The zero-order chi connectivity index (χ0) is 9.97. The number of nitrogens with zero attached hydrogens (tertiary/aromatic N) is 1. The van der Waals surface area contributed by atoms with Crippen molar-refractivity contribution in [2.45, 2.75) is 51.6 Å². The molecule has 2 rings (SSSR count). The van der Waals surface area contributed by atoms with Crippen molar-refractivity contribution in [2.75, 3.05) is 19.6 Å². The monoisotopic (exact) mass is 196 g/mol. The molecule has 2 atom stereocenters. The number of hydrogen-bond donors (Lipinski definition) is 1. The van der Waals surface area contributed by atoms with Gasteiger partial charge in [0.15, 0.2) is 0 Å². The number of piperazine rings is 1. The quantitative estimate of drug-likeness (QED) is 0.725. The van der Waals surface area contributed by atoms with Crippen molar-refractivity contribution in [3.05, 3.63) is 0 Å². The fourth-order valence-corrected chi connectivity index (χ4v) is 2.91. The normalized spacial score (nSPS) is 34.5. The van der Waals surface area contributed by atoms with Gasteiger partial charge in [0.1, 0.15) is 0 Å². The van der Waals surface area contributed by atoms with Crippen LogP contribution < -0.4 is 5.32 Å². The summed E-state index contributed by atoms with van der Waals surface area (Å²) < 4.78 is 0. The van der Waals surface area contributed by atoms with Crippen molar-refractivity contribution in [3.8, 4) is 0 Å². The molecule has 2 aliphatic rings. The Hall–Kier alpha value is -0.0800. The highest BCUT2D eigenvalue weighted by atomic mass is 15.2. The van der Waals surface area contributed by atoms with E-state index in [1.807, 2.05) is 0 Å². The molecule has 0 amide bonds. The molecule has 2 heterocycles. The average Bonchev–Trinajstić information content (AvgIpc) is 2.17. The van der Waals surface area contributed by atoms with Gasteiger partial charge in [0.05, 0.1) is 0 Å². The van der Waals surface area contributed by atoms with Gasteiger partial charge in [-0.1, -0.05) is 20.3 Å². The Balaban J connectivity index is 1.83. The minimum atomic E-state index is 0.754. The summed E-state index contributed by atoms with van der Waals surface area (Å²) in [5, 5.41) is 3.71. The first kappa shape index (κ1) is 10.4. The summed E-state index contributed by atoms with van der Waals surface area (Å²) in [6, 6.07) is 1.61. The van der Waals surface area contributed by atoms with Crippen LogP contribution in [0, 0.1) is 5.92 Å². The SMILES string of the molecule is CC(C)C[C@H]1CN2CCCC[C@H]2CN1. The first-order valence-electron chi connectivity index (χ1n) is 6.23. The van der Waals surface area contributed by atoms with Crippen molar-refractivity contribution in [2.24, 2.45) is 5.92 Å². The molecule has 2 saturated heterocycles. The molecule has 0 aromatic heterocycles. The Labute approximate surface area is 88.1 Å². The molecule has 0 aromatic carbocycles. The fraction of sp³-hybridized carbons (Fsp3) is 1.00. The summed E-state index contributed by atoms with van der Waals surface area (Å²) in [6.45, 7) is 8.52. The van der Waals surface area contributed by atoms with E-state index in [0.717, 1.165) is 18.0 Å². The second-order valence-corrected chi connectivity index (χ2v) is 5.38. The van der Waals surface area contributed by atoms with Crippen molar-refractivity contribution >= 4 is 0 Å². The molecule has 0 saturated carbocycles. The highest BCUT2D eigenvalue weighted by Crippen LogP contribution is 2.21. The van der Waals surface area contributed by atoms with E-state index in [-0.39, 0.29) is 0 Å². The van der Waals surface area contributed by atoms with Crippen LogP contribution in [0.1, 0.15) is 39.5 Å². The summed E-state index contributed by atoms with van der Waals surface area (Å²) in [5.74, 6) is 0.828. The molecule has 14 heavy (non-hydrogen) atoms. The Bertz CT molecular complexity index is 179. The summed E-state index contributed by atoms with van der Waals surface area (Å²) in [6.07, 6.45) is 5.62. The van der Waals surface area contributed by atoms with E-state index >= 15 is 0 Å². The molecule has 2 fully saturated rings. The lowest BCUT2D eigenvalue weighted by molar-refractivity contribution is 0.0892. The third kappa shape index (κ3) is 2.48. The molecule has 2 heteroatoms. The molecule has 0 radical (unpaired) electrons. The zero-order valence-corrected chi connectivity index (χ0v) is 9.63. The molecule has 2 nitrogen and oxygen atoms in total. The topological polar surface area (TPSA) is 15.3 Å². The molecule has 2 aliphatic heterocycles. The molecule has 82 valence electrons. The van der Waals surface area contributed by atoms with Gasteiger partial charge in [0.25, 0.3) is 0 Å². The van der Waals surface area contributed by atoms with Gasteiger partial charge in [-0.3, -0.25) is 4.90 Å². The molecule has 0 bridgehead atoms. The van der Waals surface area contributed by atoms with E-state index < -0.39 is 0 Å². The zero-order valence-electron chi connectivity index (χ0n) is 9.63. The first-order valence-corrected chi connectivity index (χ1v) is 6.23. The third-order valence-corrected chi connectivity index (χ3v) is 3.60. The molecule has 0 spiro atoms. The maximum atomic E-state index is 3.71. The molecular weight excluding hydrogens is 172 g/mol. The van der Waals surface area contributed by atoms with Gasteiger partial charge in [0.2, 0.25) is 0 Å². The van der Waals surface area contributed by atoms with Crippen LogP contribution in [0.25, 0.3) is 0 Å². The second-order valence-electron chi connectivity index (χ2n) is 5.38. The van der Waals surface area contributed by atoms with Gasteiger partial charge in [-0.2, -0.15) is 0 Å². The lowest BCUT2D eigenvalue weighted by atomic mass is 9.95. The van der Waals surface area contributed by atoms with Gasteiger partial charge in [-0.05, 0) is 31.7 Å². The van der Waals surface area contributed by atoms with E-state index in [2.05, 4.69) is 24.1 Å². The van der Waals surface area contributed by atoms with Gasteiger partial charge in [-0.25, -0.2) is 0 Å². The summed E-state index contributed by atoms with van der Waals surface area (Å²) >= 11 is 0. The van der Waals surface area contributed by atoms with Crippen LogP contribution in [-0.4, -0.2) is 36.6 Å². The minimum Gasteiger partial charge on any atom is -0.311 e.